The Hall–Kier alpha value is -1.50. The number of hydrogen-bond acceptors (Lipinski definition) is 3. The highest BCUT2D eigenvalue weighted by Gasteiger charge is 2.23. The van der Waals surface area contributed by atoms with E-state index in [2.05, 4.69) is 30.6 Å². The van der Waals surface area contributed by atoms with Crippen LogP contribution in [0.1, 0.15) is 32.3 Å². The van der Waals surface area contributed by atoms with E-state index < -0.39 is 0 Å². The average molecular weight is 286 g/mol. The van der Waals surface area contributed by atoms with Gasteiger partial charge in [0.05, 0.1) is 6.54 Å². The Morgan fingerprint density at radius 3 is 2.76 bits per heavy atom. The molecule has 1 fully saturated rings. The molecule has 1 heterocycles. The molecule has 0 aliphatic carbocycles. The van der Waals surface area contributed by atoms with Crippen LogP contribution in [0.2, 0.25) is 0 Å². The Bertz CT molecular complexity index is 486. The third kappa shape index (κ3) is 4.77. The SMILES string of the molecule is CC1CCCN(CCOc2ccc(C#CCN)cc2)C1C. The number of ether oxygens (including phenoxy) is 1. The molecule has 1 saturated heterocycles. The first-order valence-electron chi connectivity index (χ1n) is 7.86. The fraction of sp³-hybridized carbons (Fsp3) is 0.556. The van der Waals surface area contributed by atoms with Crippen molar-refractivity contribution in [1.29, 1.82) is 0 Å². The lowest BCUT2D eigenvalue weighted by molar-refractivity contribution is 0.0958. The number of benzene rings is 1. The smallest absolute Gasteiger partial charge is 0.119 e. The monoisotopic (exact) mass is 286 g/mol. The van der Waals surface area contributed by atoms with Gasteiger partial charge in [0, 0.05) is 18.2 Å². The van der Waals surface area contributed by atoms with Crippen LogP contribution in [0.15, 0.2) is 24.3 Å². The van der Waals surface area contributed by atoms with Crippen LogP contribution in [0, 0.1) is 17.8 Å². The lowest BCUT2D eigenvalue weighted by Gasteiger charge is -2.37. The summed E-state index contributed by atoms with van der Waals surface area (Å²) in [4.78, 5) is 2.54. The molecule has 1 aromatic rings. The Morgan fingerprint density at radius 2 is 2.05 bits per heavy atom. The fourth-order valence-corrected chi connectivity index (χ4v) is 2.80. The van der Waals surface area contributed by atoms with Gasteiger partial charge in [-0.05, 0) is 56.5 Å². The number of piperidine rings is 1. The fourth-order valence-electron chi connectivity index (χ4n) is 2.80. The summed E-state index contributed by atoms with van der Waals surface area (Å²) in [6.07, 6.45) is 2.66. The van der Waals surface area contributed by atoms with E-state index in [4.69, 9.17) is 10.5 Å². The van der Waals surface area contributed by atoms with Crippen molar-refractivity contribution in [1.82, 2.24) is 4.90 Å². The van der Waals surface area contributed by atoms with Crippen molar-refractivity contribution >= 4 is 0 Å². The number of hydrogen-bond donors (Lipinski definition) is 1. The highest BCUT2D eigenvalue weighted by Crippen LogP contribution is 2.22. The number of nitrogens with two attached hydrogens (primary N) is 1. The van der Waals surface area contributed by atoms with Crippen molar-refractivity contribution in [3.8, 4) is 17.6 Å². The standard InChI is InChI=1S/C18H26N2O/c1-15-5-4-12-20(16(15)2)13-14-21-18-9-7-17(8-10-18)6-3-11-19/h7-10,15-16H,4-5,11-14,19H2,1-2H3. The van der Waals surface area contributed by atoms with E-state index in [0.717, 1.165) is 30.4 Å². The van der Waals surface area contributed by atoms with E-state index in [0.29, 0.717) is 12.6 Å². The maximum atomic E-state index is 5.84. The number of likely N-dealkylation sites (tertiary alicyclic amines) is 1. The molecule has 2 atom stereocenters. The first kappa shape index (κ1) is 15.9. The van der Waals surface area contributed by atoms with Crippen LogP contribution >= 0.6 is 0 Å². The number of nitrogens with zero attached hydrogens (tertiary/aromatic N) is 1. The molecule has 0 radical (unpaired) electrons. The van der Waals surface area contributed by atoms with Crippen LogP contribution < -0.4 is 10.5 Å². The minimum absolute atomic E-state index is 0.394. The summed E-state index contributed by atoms with van der Waals surface area (Å²) in [6.45, 7) is 8.01. The van der Waals surface area contributed by atoms with Crippen molar-refractivity contribution in [2.24, 2.45) is 11.7 Å². The largest absolute Gasteiger partial charge is 0.492 e. The summed E-state index contributed by atoms with van der Waals surface area (Å²) >= 11 is 0. The van der Waals surface area contributed by atoms with Gasteiger partial charge < -0.3 is 10.5 Å². The van der Waals surface area contributed by atoms with Gasteiger partial charge in [-0.25, -0.2) is 0 Å². The molecule has 0 aromatic heterocycles. The third-order valence-corrected chi connectivity index (χ3v) is 4.34. The van der Waals surface area contributed by atoms with E-state index >= 15 is 0 Å². The Balaban J connectivity index is 1.78. The molecule has 1 aliphatic rings. The van der Waals surface area contributed by atoms with Crippen molar-refractivity contribution in [3.63, 3.8) is 0 Å². The van der Waals surface area contributed by atoms with Gasteiger partial charge in [-0.1, -0.05) is 18.8 Å². The van der Waals surface area contributed by atoms with Gasteiger partial charge >= 0.3 is 0 Å². The molecule has 0 amide bonds. The Morgan fingerprint density at radius 1 is 1.29 bits per heavy atom. The zero-order valence-electron chi connectivity index (χ0n) is 13.1. The lowest BCUT2D eigenvalue weighted by atomic mass is 9.92. The molecule has 3 heteroatoms. The highest BCUT2D eigenvalue weighted by molar-refractivity contribution is 5.38. The third-order valence-electron chi connectivity index (χ3n) is 4.34. The maximum absolute atomic E-state index is 5.84. The van der Waals surface area contributed by atoms with Gasteiger partial charge in [-0.3, -0.25) is 4.90 Å². The predicted octanol–water partition coefficient (Wildman–Crippen LogP) is 2.50. The summed E-state index contributed by atoms with van der Waals surface area (Å²) < 4.78 is 5.84. The van der Waals surface area contributed by atoms with Crippen molar-refractivity contribution < 1.29 is 4.74 Å². The number of rotatable bonds is 4. The second-order valence-corrected chi connectivity index (χ2v) is 5.77. The van der Waals surface area contributed by atoms with Gasteiger partial charge in [0.25, 0.3) is 0 Å². The van der Waals surface area contributed by atoms with E-state index in [9.17, 15) is 0 Å². The molecule has 1 aromatic carbocycles. The summed E-state index contributed by atoms with van der Waals surface area (Å²) in [7, 11) is 0. The van der Waals surface area contributed by atoms with Gasteiger partial charge in [0.1, 0.15) is 12.4 Å². The van der Waals surface area contributed by atoms with E-state index in [1.54, 1.807) is 0 Å². The zero-order valence-corrected chi connectivity index (χ0v) is 13.1. The normalized spacial score (nSPS) is 22.4. The summed E-state index contributed by atoms with van der Waals surface area (Å²) in [5.41, 5.74) is 6.34. The quantitative estimate of drug-likeness (QED) is 0.864. The molecule has 0 saturated carbocycles. The van der Waals surface area contributed by atoms with Gasteiger partial charge in [-0.15, -0.1) is 0 Å². The van der Waals surface area contributed by atoms with E-state index in [1.807, 2.05) is 24.3 Å². The summed E-state index contributed by atoms with van der Waals surface area (Å²) in [6, 6.07) is 8.56. The first-order valence-corrected chi connectivity index (χ1v) is 7.86. The predicted molar refractivity (Wildman–Crippen MR) is 87.3 cm³/mol. The van der Waals surface area contributed by atoms with Crippen LogP contribution in [-0.4, -0.2) is 37.2 Å². The van der Waals surface area contributed by atoms with Gasteiger partial charge in [-0.2, -0.15) is 0 Å². The molecule has 2 rings (SSSR count). The summed E-state index contributed by atoms with van der Waals surface area (Å²) in [5, 5.41) is 0. The lowest BCUT2D eigenvalue weighted by Crippen LogP contribution is -2.44. The highest BCUT2D eigenvalue weighted by atomic mass is 16.5. The van der Waals surface area contributed by atoms with Crippen LogP contribution in [0.3, 0.4) is 0 Å². The average Bonchev–Trinajstić information content (AvgIpc) is 2.51. The van der Waals surface area contributed by atoms with Crippen molar-refractivity contribution in [2.75, 3.05) is 26.2 Å². The van der Waals surface area contributed by atoms with Crippen molar-refractivity contribution in [3.05, 3.63) is 29.8 Å². The zero-order chi connectivity index (χ0) is 15.1. The Kier molecular flexibility index (Phi) is 6.10. The minimum Gasteiger partial charge on any atom is -0.492 e. The molecule has 0 spiro atoms. The van der Waals surface area contributed by atoms with Crippen LogP contribution in [0.4, 0.5) is 0 Å². The Labute approximate surface area is 128 Å². The molecular weight excluding hydrogens is 260 g/mol. The molecule has 3 nitrogen and oxygen atoms in total. The molecule has 2 N–H and O–H groups in total. The molecule has 21 heavy (non-hydrogen) atoms. The van der Waals surface area contributed by atoms with E-state index in [-0.39, 0.29) is 0 Å². The first-order chi connectivity index (χ1) is 10.2. The second-order valence-electron chi connectivity index (χ2n) is 5.77. The van der Waals surface area contributed by atoms with Crippen LogP contribution in [0.25, 0.3) is 0 Å². The molecular formula is C18H26N2O. The molecule has 0 bridgehead atoms. The molecule has 1 aliphatic heterocycles. The van der Waals surface area contributed by atoms with Crippen molar-refractivity contribution in [2.45, 2.75) is 32.7 Å². The molecule has 2 unspecified atom stereocenters. The van der Waals surface area contributed by atoms with Crippen LogP contribution in [-0.2, 0) is 0 Å². The van der Waals surface area contributed by atoms with E-state index in [1.165, 1.54) is 19.4 Å². The molecule has 114 valence electrons. The van der Waals surface area contributed by atoms with Gasteiger partial charge in [0.2, 0.25) is 0 Å². The second kappa shape index (κ2) is 8.07. The van der Waals surface area contributed by atoms with Crippen LogP contribution in [0.5, 0.6) is 5.75 Å². The summed E-state index contributed by atoms with van der Waals surface area (Å²) in [5.74, 6) is 7.56. The van der Waals surface area contributed by atoms with Gasteiger partial charge in [0.15, 0.2) is 0 Å². The minimum atomic E-state index is 0.394. The maximum Gasteiger partial charge on any atom is 0.119 e. The topological polar surface area (TPSA) is 38.5 Å².